The van der Waals surface area contributed by atoms with Gasteiger partial charge < -0.3 is 0 Å². The van der Waals surface area contributed by atoms with Crippen LogP contribution in [0.3, 0.4) is 0 Å². The first-order valence-corrected chi connectivity index (χ1v) is 9.19. The van der Waals surface area contributed by atoms with Crippen LogP contribution in [0.4, 0.5) is 0 Å². The van der Waals surface area contributed by atoms with E-state index in [9.17, 15) is 22.6 Å². The van der Waals surface area contributed by atoms with Gasteiger partial charge in [-0.25, -0.2) is 0 Å². The van der Waals surface area contributed by atoms with Crippen molar-refractivity contribution in [2.24, 2.45) is 0 Å². The van der Waals surface area contributed by atoms with Crippen LogP contribution in [-0.2, 0) is 32.5 Å². The molecule has 0 aliphatic rings. The molecule has 2 aromatic rings. The van der Waals surface area contributed by atoms with Crippen LogP contribution in [0, 0.1) is 0 Å². The summed E-state index contributed by atoms with van der Waals surface area (Å²) in [7, 11) is -4.48. The lowest BCUT2D eigenvalue weighted by Crippen LogP contribution is -2.04. The molecule has 0 atom stereocenters. The van der Waals surface area contributed by atoms with Crippen molar-refractivity contribution in [3.63, 3.8) is 0 Å². The topological polar surface area (TPSA) is 88.5 Å². The highest BCUT2D eigenvalue weighted by Crippen LogP contribution is 2.29. The van der Waals surface area contributed by atoms with Crippen molar-refractivity contribution in [1.29, 1.82) is 0 Å². The highest BCUT2D eigenvalue weighted by atomic mass is 32.2. The third-order valence-corrected chi connectivity index (χ3v) is 4.69. The molecule has 0 heterocycles. The number of ketones is 2. The Morgan fingerprint density at radius 1 is 0.885 bits per heavy atom. The average Bonchev–Trinajstić information content (AvgIpc) is 2.61. The Morgan fingerprint density at radius 2 is 1.38 bits per heavy atom. The summed E-state index contributed by atoms with van der Waals surface area (Å²) >= 11 is 0. The smallest absolute Gasteiger partial charge is 0.295 e. The maximum absolute atomic E-state index is 11.8. The highest BCUT2D eigenvalue weighted by Gasteiger charge is 2.18. The van der Waals surface area contributed by atoms with Gasteiger partial charge in [-0.1, -0.05) is 49.6 Å². The zero-order valence-electron chi connectivity index (χ0n) is 14.0. The Bertz CT molecular complexity index is 970. The molecule has 2 rings (SSSR count). The van der Waals surface area contributed by atoms with Gasteiger partial charge in [0.05, 0.1) is 0 Å². The monoisotopic (exact) mass is 370 g/mol. The predicted octanol–water partition coefficient (Wildman–Crippen LogP) is 3.20. The number of hydrogen-bond acceptors (Lipinski definition) is 4. The fourth-order valence-corrected chi connectivity index (χ4v) is 3.24. The second kappa shape index (κ2) is 8.03. The lowest BCUT2D eigenvalue weighted by atomic mass is 9.99. The van der Waals surface area contributed by atoms with Crippen molar-refractivity contribution < 1.29 is 22.6 Å². The van der Waals surface area contributed by atoms with E-state index in [0.717, 1.165) is 11.6 Å². The molecule has 0 spiro atoms. The van der Waals surface area contributed by atoms with Gasteiger partial charge in [-0.3, -0.25) is 14.1 Å². The van der Waals surface area contributed by atoms with Crippen molar-refractivity contribution in [2.45, 2.75) is 17.7 Å². The van der Waals surface area contributed by atoms with E-state index >= 15 is 0 Å². The molecule has 5 nitrogen and oxygen atoms in total. The summed E-state index contributed by atoms with van der Waals surface area (Å²) in [6.45, 7) is 6.80. The van der Waals surface area contributed by atoms with E-state index in [0.29, 0.717) is 16.7 Å². The van der Waals surface area contributed by atoms with Crippen LogP contribution < -0.4 is 0 Å². The van der Waals surface area contributed by atoms with Crippen LogP contribution >= 0.6 is 0 Å². The number of rotatable bonds is 8. The van der Waals surface area contributed by atoms with Gasteiger partial charge in [-0.15, -0.1) is 0 Å². The zero-order valence-corrected chi connectivity index (χ0v) is 14.8. The van der Waals surface area contributed by atoms with Crippen LogP contribution in [0.2, 0.25) is 0 Å². The van der Waals surface area contributed by atoms with Gasteiger partial charge in [0.2, 0.25) is 0 Å². The molecule has 0 bridgehead atoms. The van der Waals surface area contributed by atoms with Gasteiger partial charge in [0.25, 0.3) is 10.1 Å². The average molecular weight is 370 g/mol. The molecule has 0 unspecified atom stereocenters. The molecule has 2 aromatic carbocycles. The maximum atomic E-state index is 11.8. The lowest BCUT2D eigenvalue weighted by Gasteiger charge is -2.10. The summed E-state index contributed by atoms with van der Waals surface area (Å²) in [6, 6.07) is 11.2. The van der Waals surface area contributed by atoms with E-state index in [-0.39, 0.29) is 29.3 Å². The van der Waals surface area contributed by atoms with E-state index in [1.807, 2.05) is 0 Å². The first kappa shape index (κ1) is 19.5. The zero-order chi connectivity index (χ0) is 19.3. The summed E-state index contributed by atoms with van der Waals surface area (Å²) in [4.78, 5) is 22.6. The number of allylic oxidation sites excluding steroid dienone is 2. The number of carbonyl (C=O) groups is 2. The molecule has 0 aliphatic heterocycles. The molecule has 0 saturated heterocycles. The molecule has 0 saturated carbocycles. The minimum absolute atomic E-state index is 0.00506. The molecule has 0 radical (unpaired) electrons. The molecule has 6 heteroatoms. The van der Waals surface area contributed by atoms with Gasteiger partial charge in [0.1, 0.15) is 4.90 Å². The van der Waals surface area contributed by atoms with E-state index in [1.54, 1.807) is 36.4 Å². The number of benzene rings is 2. The summed E-state index contributed by atoms with van der Waals surface area (Å²) in [5.41, 5.74) is 2.10. The van der Waals surface area contributed by atoms with Crippen molar-refractivity contribution >= 4 is 21.7 Å². The molecule has 0 aliphatic carbocycles. The van der Waals surface area contributed by atoms with Gasteiger partial charge in [-0.05, 0) is 34.9 Å². The maximum Gasteiger partial charge on any atom is 0.295 e. The van der Waals surface area contributed by atoms with E-state index < -0.39 is 10.1 Å². The van der Waals surface area contributed by atoms with Gasteiger partial charge in [-0.2, -0.15) is 8.42 Å². The molecule has 134 valence electrons. The molecule has 26 heavy (non-hydrogen) atoms. The minimum Gasteiger partial charge on any atom is -0.295 e. The van der Waals surface area contributed by atoms with E-state index in [2.05, 4.69) is 13.2 Å². The lowest BCUT2D eigenvalue weighted by molar-refractivity contribution is -0.114. The van der Waals surface area contributed by atoms with Gasteiger partial charge in [0.15, 0.2) is 11.6 Å². The highest BCUT2D eigenvalue weighted by molar-refractivity contribution is 7.86. The molecular formula is C20H18O5S. The summed E-state index contributed by atoms with van der Waals surface area (Å²) < 4.78 is 33.1. The van der Waals surface area contributed by atoms with Crippen LogP contribution in [0.25, 0.3) is 11.1 Å². The van der Waals surface area contributed by atoms with Crippen LogP contribution in [0.15, 0.2) is 72.7 Å². The molecule has 1 N–H and O–H groups in total. The Balaban J connectivity index is 2.45. The quantitative estimate of drug-likeness (QED) is 0.569. The van der Waals surface area contributed by atoms with Crippen molar-refractivity contribution in [3.05, 3.63) is 78.9 Å². The Kier molecular flexibility index (Phi) is 6.02. The fourth-order valence-electron chi connectivity index (χ4n) is 2.48. The van der Waals surface area contributed by atoms with Crippen molar-refractivity contribution in [2.75, 3.05) is 0 Å². The van der Waals surface area contributed by atoms with Gasteiger partial charge >= 0.3 is 0 Å². The first-order valence-electron chi connectivity index (χ1n) is 7.75. The second-order valence-corrected chi connectivity index (χ2v) is 7.09. The van der Waals surface area contributed by atoms with Crippen LogP contribution in [-0.4, -0.2) is 24.5 Å². The van der Waals surface area contributed by atoms with Crippen molar-refractivity contribution in [3.8, 4) is 11.1 Å². The van der Waals surface area contributed by atoms with Crippen molar-refractivity contribution in [1.82, 2.24) is 0 Å². The first-order chi connectivity index (χ1) is 12.2. The van der Waals surface area contributed by atoms with Crippen LogP contribution in [0.5, 0.6) is 0 Å². The molecular weight excluding hydrogens is 352 g/mol. The summed E-state index contributed by atoms with van der Waals surface area (Å²) in [5, 5.41) is 0. The summed E-state index contributed by atoms with van der Waals surface area (Å²) in [5.74, 6) is -0.372. The second-order valence-electron chi connectivity index (χ2n) is 5.70. The van der Waals surface area contributed by atoms with E-state index in [4.69, 9.17) is 0 Å². The minimum atomic E-state index is -4.48. The molecule has 0 fully saturated rings. The third kappa shape index (κ3) is 4.84. The molecule has 0 aromatic heterocycles. The predicted molar refractivity (Wildman–Crippen MR) is 99.5 cm³/mol. The molecule has 0 amide bonds. The third-order valence-electron chi connectivity index (χ3n) is 3.80. The summed E-state index contributed by atoms with van der Waals surface area (Å²) in [6.07, 6.45) is 2.60. The Morgan fingerprint density at radius 3 is 1.88 bits per heavy atom. The normalized spacial score (nSPS) is 11.0. The fraction of sp³-hybridized carbons (Fsp3) is 0.100. The number of hydrogen-bond donors (Lipinski definition) is 1. The Hall–Kier alpha value is -2.83. The van der Waals surface area contributed by atoms with Crippen LogP contribution in [0.1, 0.15) is 11.1 Å². The van der Waals surface area contributed by atoms with Gasteiger partial charge in [0, 0.05) is 18.4 Å². The Labute approximate surface area is 152 Å². The SMILES string of the molecule is C=CC(=O)Cc1ccc(-c2ccc(CC(=O)C=C)cc2S(=O)(=O)O)cc1. The standard InChI is InChI=1S/C20H18O5S/c1-3-17(21)11-14-5-8-16(9-6-14)19-10-7-15(12-18(22)4-2)13-20(19)26(23,24)25/h3-10,13H,1-2,11-12H2,(H,23,24,25). The van der Waals surface area contributed by atoms with E-state index in [1.165, 1.54) is 12.1 Å². The number of carbonyl (C=O) groups excluding carboxylic acids is 2. The largest absolute Gasteiger partial charge is 0.295 e.